The van der Waals surface area contributed by atoms with Gasteiger partial charge >= 0.3 is 6.18 Å². The fourth-order valence-electron chi connectivity index (χ4n) is 5.22. The predicted octanol–water partition coefficient (Wildman–Crippen LogP) is 6.73. The molecule has 1 N–H and O–H groups in total. The molecule has 0 radical (unpaired) electrons. The van der Waals surface area contributed by atoms with E-state index in [9.17, 15) is 18.0 Å². The molecular formula is C25H24F3N3O2S. The van der Waals surface area contributed by atoms with E-state index in [1.807, 2.05) is 0 Å². The molecule has 1 saturated heterocycles. The van der Waals surface area contributed by atoms with Crippen molar-refractivity contribution in [1.82, 2.24) is 5.32 Å². The molecule has 2 unspecified atom stereocenters. The highest BCUT2D eigenvalue weighted by atomic mass is 32.2. The normalized spacial score (nSPS) is 29.5. The minimum atomic E-state index is -4.43. The van der Waals surface area contributed by atoms with Crippen molar-refractivity contribution < 1.29 is 22.4 Å². The number of carbonyl (C=O) groups excluding carboxylic acids is 1. The number of rotatable bonds is 3. The van der Waals surface area contributed by atoms with Crippen LogP contribution in [0.15, 0.2) is 55.9 Å². The summed E-state index contributed by atoms with van der Waals surface area (Å²) in [5.41, 5.74) is 0.873. The van der Waals surface area contributed by atoms with Crippen molar-refractivity contribution in [3.63, 3.8) is 0 Å². The van der Waals surface area contributed by atoms with Crippen LogP contribution >= 0.6 is 11.8 Å². The largest absolute Gasteiger partial charge is 0.457 e. The van der Waals surface area contributed by atoms with Gasteiger partial charge in [0.25, 0.3) is 5.91 Å². The van der Waals surface area contributed by atoms with Gasteiger partial charge in [-0.25, -0.2) is 0 Å². The van der Waals surface area contributed by atoms with Crippen molar-refractivity contribution in [3.05, 3.63) is 52.6 Å². The van der Waals surface area contributed by atoms with Crippen LogP contribution in [0.3, 0.4) is 0 Å². The highest BCUT2D eigenvalue weighted by molar-refractivity contribution is 8.18. The summed E-state index contributed by atoms with van der Waals surface area (Å²) < 4.78 is 44.7. The predicted molar refractivity (Wildman–Crippen MR) is 127 cm³/mol. The van der Waals surface area contributed by atoms with Crippen LogP contribution in [0.5, 0.6) is 0 Å². The molecule has 2 aliphatic carbocycles. The van der Waals surface area contributed by atoms with Gasteiger partial charge in [-0.2, -0.15) is 18.3 Å². The summed E-state index contributed by atoms with van der Waals surface area (Å²) in [4.78, 5) is 12.8. The molecule has 5 rings (SSSR count). The van der Waals surface area contributed by atoms with Crippen LogP contribution in [-0.4, -0.2) is 16.8 Å². The highest BCUT2D eigenvalue weighted by Crippen LogP contribution is 2.64. The Balaban J connectivity index is 1.33. The van der Waals surface area contributed by atoms with Gasteiger partial charge in [0.05, 0.1) is 10.5 Å². The lowest BCUT2D eigenvalue weighted by Crippen LogP contribution is -2.32. The Morgan fingerprint density at radius 1 is 1.18 bits per heavy atom. The molecule has 1 aromatic carbocycles. The summed E-state index contributed by atoms with van der Waals surface area (Å²) >= 11 is 1.16. The molecule has 1 amide bonds. The summed E-state index contributed by atoms with van der Waals surface area (Å²) in [6, 6.07) is 8.12. The van der Waals surface area contributed by atoms with Gasteiger partial charge in [-0.05, 0) is 66.6 Å². The molecule has 1 aromatic heterocycles. The van der Waals surface area contributed by atoms with E-state index in [0.29, 0.717) is 27.3 Å². The van der Waals surface area contributed by atoms with Gasteiger partial charge in [-0.3, -0.25) is 10.1 Å². The Morgan fingerprint density at radius 2 is 1.97 bits per heavy atom. The highest BCUT2D eigenvalue weighted by Gasteiger charge is 2.60. The van der Waals surface area contributed by atoms with Gasteiger partial charge in [-0.1, -0.05) is 32.9 Å². The smallest absolute Gasteiger partial charge is 0.416 e. The van der Waals surface area contributed by atoms with Crippen LogP contribution in [0.25, 0.3) is 17.4 Å². The van der Waals surface area contributed by atoms with Gasteiger partial charge in [0.15, 0.2) is 5.17 Å². The van der Waals surface area contributed by atoms with E-state index in [1.54, 1.807) is 24.3 Å². The number of nitrogens with one attached hydrogen (secondary N) is 1. The third-order valence-corrected chi connectivity index (χ3v) is 8.70. The maximum absolute atomic E-state index is 13.0. The Bertz CT molecular complexity index is 1260. The molecule has 2 heterocycles. The van der Waals surface area contributed by atoms with Crippen molar-refractivity contribution in [1.29, 1.82) is 0 Å². The SMILES string of the molecule is CC12CCC(CC1=NN=C1NC(=O)C(=Cc3ccc(-c4cccc(C(F)(F)F)c4)o3)S1)C2(C)C. The summed E-state index contributed by atoms with van der Waals surface area (Å²) in [5, 5.41) is 12.0. The molecule has 5 nitrogen and oxygen atoms in total. The van der Waals surface area contributed by atoms with Crippen LogP contribution < -0.4 is 5.32 Å². The van der Waals surface area contributed by atoms with Gasteiger partial charge in [0.2, 0.25) is 0 Å². The molecule has 3 fully saturated rings. The summed E-state index contributed by atoms with van der Waals surface area (Å²) in [7, 11) is 0. The number of benzene rings is 1. The number of halogens is 3. The Labute approximate surface area is 199 Å². The van der Waals surface area contributed by atoms with Gasteiger partial charge in [0.1, 0.15) is 11.5 Å². The van der Waals surface area contributed by atoms with Gasteiger partial charge in [0, 0.05) is 22.8 Å². The number of thioether (sulfide) groups is 1. The second-order valence-corrected chi connectivity index (χ2v) is 10.8. The lowest BCUT2D eigenvalue weighted by Gasteiger charge is -2.34. The molecule has 2 atom stereocenters. The van der Waals surface area contributed by atoms with E-state index in [4.69, 9.17) is 4.42 Å². The third kappa shape index (κ3) is 3.79. The zero-order valence-electron chi connectivity index (χ0n) is 19.0. The molecule has 3 aliphatic rings. The van der Waals surface area contributed by atoms with Crippen LogP contribution in [-0.2, 0) is 11.0 Å². The monoisotopic (exact) mass is 487 g/mol. The molecule has 1 aliphatic heterocycles. The second-order valence-electron chi connectivity index (χ2n) is 9.79. The third-order valence-electron chi connectivity index (χ3n) is 7.80. The summed E-state index contributed by atoms with van der Waals surface area (Å²) in [5.74, 6) is 0.942. The average molecular weight is 488 g/mol. The number of fused-ring (bicyclic) bond motifs is 2. The topological polar surface area (TPSA) is 67.0 Å². The van der Waals surface area contributed by atoms with Crippen molar-refractivity contribution in [3.8, 4) is 11.3 Å². The lowest BCUT2D eigenvalue weighted by atomic mass is 9.70. The number of nitrogens with zero attached hydrogens (tertiary/aromatic N) is 2. The van der Waals surface area contributed by atoms with Crippen LogP contribution in [0.2, 0.25) is 0 Å². The first-order valence-corrected chi connectivity index (χ1v) is 11.9. The van der Waals surface area contributed by atoms with Crippen molar-refractivity contribution in [2.24, 2.45) is 27.0 Å². The van der Waals surface area contributed by atoms with Gasteiger partial charge < -0.3 is 4.42 Å². The first-order valence-electron chi connectivity index (χ1n) is 11.1. The molecule has 34 heavy (non-hydrogen) atoms. The number of alkyl halides is 3. The van der Waals surface area contributed by atoms with Crippen molar-refractivity contribution in [2.45, 2.75) is 46.2 Å². The van der Waals surface area contributed by atoms with Crippen molar-refractivity contribution in [2.75, 3.05) is 0 Å². The number of furan rings is 1. The molecule has 0 spiro atoms. The number of hydrogen-bond donors (Lipinski definition) is 1. The van der Waals surface area contributed by atoms with E-state index in [2.05, 4.69) is 36.3 Å². The maximum Gasteiger partial charge on any atom is 0.416 e. The minimum Gasteiger partial charge on any atom is -0.457 e. The second kappa shape index (κ2) is 7.86. The first-order chi connectivity index (χ1) is 16.0. The van der Waals surface area contributed by atoms with Crippen LogP contribution in [0, 0.1) is 16.7 Å². The Morgan fingerprint density at radius 3 is 2.65 bits per heavy atom. The zero-order chi connectivity index (χ0) is 24.3. The van der Waals surface area contributed by atoms with E-state index in [-0.39, 0.29) is 22.5 Å². The molecule has 178 valence electrons. The number of carbonyl (C=O) groups is 1. The van der Waals surface area contributed by atoms with Gasteiger partial charge in [-0.15, -0.1) is 5.10 Å². The molecule has 9 heteroatoms. The first kappa shape index (κ1) is 23.0. The van der Waals surface area contributed by atoms with Crippen LogP contribution in [0.1, 0.15) is 51.4 Å². The average Bonchev–Trinajstić information content (AvgIpc) is 3.48. The minimum absolute atomic E-state index is 0.0294. The fraction of sp³-hybridized carbons (Fsp3) is 0.400. The van der Waals surface area contributed by atoms with E-state index in [0.717, 1.165) is 42.4 Å². The van der Waals surface area contributed by atoms with Crippen molar-refractivity contribution >= 4 is 34.6 Å². The summed E-state index contributed by atoms with van der Waals surface area (Å²) in [6.45, 7) is 6.85. The molecule has 2 aromatic rings. The number of amides is 1. The maximum atomic E-state index is 13.0. The Kier molecular flexibility index (Phi) is 5.31. The van der Waals surface area contributed by atoms with Crippen LogP contribution in [0.4, 0.5) is 13.2 Å². The quantitative estimate of drug-likeness (QED) is 0.386. The molecule has 2 saturated carbocycles. The van der Waals surface area contributed by atoms with E-state index in [1.165, 1.54) is 12.5 Å². The fourth-order valence-corrected chi connectivity index (χ4v) is 5.98. The molecular weight excluding hydrogens is 463 g/mol. The number of amidine groups is 1. The number of hydrogen-bond acceptors (Lipinski definition) is 5. The Hall–Kier alpha value is -2.81. The standard InChI is InChI=1S/C25H24F3N3O2S/c1-23(2)15-9-10-24(23,3)20(12-15)30-31-22-29-21(32)19(34-22)13-17-7-8-18(33-17)14-5-4-6-16(11-14)25(26,27)28/h4-8,11,13,15H,9-10,12H2,1-3H3,(H,29,31,32). The summed E-state index contributed by atoms with van der Waals surface area (Å²) in [6.07, 6.45) is 0.367. The van der Waals surface area contributed by atoms with E-state index >= 15 is 0 Å². The zero-order valence-corrected chi connectivity index (χ0v) is 19.8. The van der Waals surface area contributed by atoms with E-state index < -0.39 is 11.7 Å². The lowest BCUT2D eigenvalue weighted by molar-refractivity contribution is -0.137. The molecule has 2 bridgehead atoms.